The molecular formula is C27H33N7O3S. The van der Waals surface area contributed by atoms with E-state index in [0.717, 1.165) is 29.5 Å². The maximum absolute atomic E-state index is 13.1. The SMILES string of the molecule is N=C(N)c1ccc(CNC(=O)C(CO)NC(=O)C(CCCc2ccncc2)NSCc2ccncc2)cc1. The average Bonchev–Trinajstić information content (AvgIpc) is 2.95. The first-order valence-electron chi connectivity index (χ1n) is 12.2. The van der Waals surface area contributed by atoms with E-state index in [1.807, 2.05) is 24.3 Å². The molecule has 1 aromatic carbocycles. The van der Waals surface area contributed by atoms with Crippen LogP contribution in [0, 0.1) is 5.41 Å². The van der Waals surface area contributed by atoms with Crippen molar-refractivity contribution in [3.8, 4) is 0 Å². The Kier molecular flexibility index (Phi) is 11.7. The highest BCUT2D eigenvalue weighted by molar-refractivity contribution is 7.96. The predicted octanol–water partition coefficient (Wildman–Crippen LogP) is 1.68. The van der Waals surface area contributed by atoms with Crippen LogP contribution in [0.2, 0.25) is 0 Å². The molecule has 0 aliphatic rings. The van der Waals surface area contributed by atoms with Crippen molar-refractivity contribution in [1.29, 1.82) is 5.41 Å². The molecule has 200 valence electrons. The van der Waals surface area contributed by atoms with Gasteiger partial charge >= 0.3 is 0 Å². The summed E-state index contributed by atoms with van der Waals surface area (Å²) in [5.74, 6) is -0.242. The summed E-state index contributed by atoms with van der Waals surface area (Å²) >= 11 is 1.41. The van der Waals surface area contributed by atoms with Crippen LogP contribution in [-0.4, -0.2) is 51.4 Å². The van der Waals surface area contributed by atoms with E-state index in [1.54, 1.807) is 49.1 Å². The van der Waals surface area contributed by atoms with E-state index in [4.69, 9.17) is 11.1 Å². The topological polar surface area (TPSA) is 166 Å². The van der Waals surface area contributed by atoms with Gasteiger partial charge < -0.3 is 21.5 Å². The maximum atomic E-state index is 13.1. The smallest absolute Gasteiger partial charge is 0.245 e. The predicted molar refractivity (Wildman–Crippen MR) is 148 cm³/mol. The van der Waals surface area contributed by atoms with E-state index in [0.29, 0.717) is 17.7 Å². The molecule has 0 saturated carbocycles. The van der Waals surface area contributed by atoms with Gasteiger partial charge in [-0.2, -0.15) is 0 Å². The number of pyridine rings is 2. The molecule has 3 rings (SSSR count). The van der Waals surface area contributed by atoms with Crippen LogP contribution in [0.3, 0.4) is 0 Å². The minimum absolute atomic E-state index is 0.0356. The quantitative estimate of drug-likeness (QED) is 0.0971. The molecule has 11 heteroatoms. The minimum atomic E-state index is -1.09. The molecule has 2 unspecified atom stereocenters. The average molecular weight is 536 g/mol. The highest BCUT2D eigenvalue weighted by atomic mass is 32.2. The highest BCUT2D eigenvalue weighted by Crippen LogP contribution is 2.13. The van der Waals surface area contributed by atoms with Crippen LogP contribution in [0.15, 0.2) is 73.3 Å². The Morgan fingerprint density at radius 1 is 0.895 bits per heavy atom. The summed E-state index contributed by atoms with van der Waals surface area (Å²) in [7, 11) is 0. The monoisotopic (exact) mass is 535 g/mol. The molecule has 0 aliphatic heterocycles. The lowest BCUT2D eigenvalue weighted by atomic mass is 10.1. The fourth-order valence-corrected chi connectivity index (χ4v) is 4.46. The Balaban J connectivity index is 1.55. The molecule has 3 aromatic rings. The number of carbonyl (C=O) groups excluding carboxylic acids is 2. The standard InChI is InChI=1S/C27H33N7O3S/c28-25(29)22-6-4-20(5-7-22)16-32-26(36)24(17-35)33-27(37)23(3-1-2-19-8-12-30-13-9-19)34-38-18-21-10-14-31-15-11-21/h4-15,23-24,34-35H,1-3,16-18H2,(H3,28,29)(H,32,36)(H,33,37). The van der Waals surface area contributed by atoms with Crippen molar-refractivity contribution >= 4 is 29.6 Å². The van der Waals surface area contributed by atoms with Crippen LogP contribution in [0.5, 0.6) is 0 Å². The van der Waals surface area contributed by atoms with Gasteiger partial charge in [-0.15, -0.1) is 0 Å². The van der Waals surface area contributed by atoms with Gasteiger partial charge in [-0.05, 0) is 60.2 Å². The molecule has 2 heterocycles. The second-order valence-electron chi connectivity index (χ2n) is 8.63. The van der Waals surface area contributed by atoms with E-state index in [2.05, 4.69) is 25.3 Å². The van der Waals surface area contributed by atoms with Gasteiger partial charge in [0.2, 0.25) is 11.8 Å². The zero-order valence-corrected chi connectivity index (χ0v) is 21.8. The van der Waals surface area contributed by atoms with Gasteiger partial charge in [-0.1, -0.05) is 36.2 Å². The number of nitrogens with zero attached hydrogens (tertiary/aromatic N) is 2. The zero-order valence-electron chi connectivity index (χ0n) is 21.0. The van der Waals surface area contributed by atoms with Crippen LogP contribution in [0.4, 0.5) is 0 Å². The summed E-state index contributed by atoms with van der Waals surface area (Å²) in [5.41, 5.74) is 9.06. The second-order valence-corrected chi connectivity index (χ2v) is 9.45. The summed E-state index contributed by atoms with van der Waals surface area (Å²) < 4.78 is 3.23. The van der Waals surface area contributed by atoms with E-state index in [9.17, 15) is 14.7 Å². The van der Waals surface area contributed by atoms with E-state index in [-0.39, 0.29) is 18.3 Å². The number of aliphatic hydroxyl groups excluding tert-OH is 1. The van der Waals surface area contributed by atoms with E-state index in [1.165, 1.54) is 11.9 Å². The second kappa shape index (κ2) is 15.5. The van der Waals surface area contributed by atoms with Gasteiger partial charge in [0.05, 0.1) is 12.6 Å². The number of aromatic nitrogens is 2. The van der Waals surface area contributed by atoms with Crippen molar-refractivity contribution in [3.05, 3.63) is 95.6 Å². The lowest BCUT2D eigenvalue weighted by Gasteiger charge is -2.22. The summed E-state index contributed by atoms with van der Waals surface area (Å²) in [6.07, 6.45) is 9.00. The third-order valence-electron chi connectivity index (χ3n) is 5.79. The lowest BCUT2D eigenvalue weighted by Crippen LogP contribution is -2.53. The Morgan fingerprint density at radius 2 is 1.53 bits per heavy atom. The van der Waals surface area contributed by atoms with Crippen LogP contribution in [-0.2, 0) is 28.3 Å². The number of carbonyl (C=O) groups is 2. The van der Waals surface area contributed by atoms with Gasteiger partial charge in [-0.3, -0.25) is 29.7 Å². The summed E-state index contributed by atoms with van der Waals surface area (Å²) in [4.78, 5) is 33.9. The molecular weight excluding hydrogens is 502 g/mol. The molecule has 2 atom stereocenters. The summed E-state index contributed by atoms with van der Waals surface area (Å²) in [5, 5.41) is 22.7. The van der Waals surface area contributed by atoms with Gasteiger partial charge in [0.15, 0.2) is 0 Å². The molecule has 2 aromatic heterocycles. The molecule has 10 nitrogen and oxygen atoms in total. The van der Waals surface area contributed by atoms with Gasteiger partial charge in [0, 0.05) is 42.6 Å². The largest absolute Gasteiger partial charge is 0.394 e. The number of hydrogen-bond acceptors (Lipinski definition) is 8. The molecule has 0 fully saturated rings. The summed E-state index contributed by atoms with van der Waals surface area (Å²) in [6.45, 7) is -0.326. The molecule has 2 amide bonds. The number of nitrogen functional groups attached to an aromatic ring is 1. The van der Waals surface area contributed by atoms with Crippen LogP contribution in [0.1, 0.15) is 35.1 Å². The van der Waals surface area contributed by atoms with Crippen molar-refractivity contribution < 1.29 is 14.7 Å². The normalized spacial score (nSPS) is 12.3. The molecule has 0 saturated heterocycles. The van der Waals surface area contributed by atoms with E-state index < -0.39 is 24.6 Å². The first-order chi connectivity index (χ1) is 18.5. The Bertz CT molecular complexity index is 1120. The summed E-state index contributed by atoms with van der Waals surface area (Å²) in [6, 6.07) is 13.0. The Morgan fingerprint density at radius 3 is 2.13 bits per heavy atom. The Hall–Kier alpha value is -3.80. The first-order valence-corrected chi connectivity index (χ1v) is 13.2. The number of benzene rings is 1. The zero-order chi connectivity index (χ0) is 27.2. The van der Waals surface area contributed by atoms with E-state index >= 15 is 0 Å². The third-order valence-corrected chi connectivity index (χ3v) is 6.71. The van der Waals surface area contributed by atoms with Crippen LogP contribution in [0.25, 0.3) is 0 Å². The number of rotatable bonds is 15. The lowest BCUT2D eigenvalue weighted by molar-refractivity contribution is -0.130. The van der Waals surface area contributed by atoms with Crippen molar-refractivity contribution in [2.45, 2.75) is 43.6 Å². The molecule has 0 radical (unpaired) electrons. The highest BCUT2D eigenvalue weighted by Gasteiger charge is 2.25. The molecule has 0 aliphatic carbocycles. The number of aryl methyl sites for hydroxylation is 1. The Labute approximate surface area is 226 Å². The number of aliphatic hydroxyl groups is 1. The van der Waals surface area contributed by atoms with Crippen LogP contribution >= 0.6 is 11.9 Å². The molecule has 38 heavy (non-hydrogen) atoms. The van der Waals surface area contributed by atoms with Crippen molar-refractivity contribution in [2.24, 2.45) is 5.73 Å². The minimum Gasteiger partial charge on any atom is -0.394 e. The first kappa shape index (κ1) is 28.8. The number of nitrogens with one attached hydrogen (secondary N) is 4. The fourth-order valence-electron chi connectivity index (χ4n) is 3.59. The molecule has 7 N–H and O–H groups in total. The van der Waals surface area contributed by atoms with Gasteiger partial charge in [0.25, 0.3) is 0 Å². The number of hydrogen-bond donors (Lipinski definition) is 6. The third kappa shape index (κ3) is 9.58. The maximum Gasteiger partial charge on any atom is 0.245 e. The van der Waals surface area contributed by atoms with Crippen molar-refractivity contribution in [1.82, 2.24) is 25.3 Å². The van der Waals surface area contributed by atoms with Crippen molar-refractivity contribution in [3.63, 3.8) is 0 Å². The molecule has 0 bridgehead atoms. The number of amides is 2. The van der Waals surface area contributed by atoms with Crippen LogP contribution < -0.4 is 21.1 Å². The number of nitrogens with two attached hydrogens (primary N) is 1. The number of amidine groups is 1. The molecule has 0 spiro atoms. The van der Waals surface area contributed by atoms with Crippen molar-refractivity contribution in [2.75, 3.05) is 6.61 Å². The fraction of sp³-hybridized carbons (Fsp3) is 0.296. The van der Waals surface area contributed by atoms with Gasteiger partial charge in [0.1, 0.15) is 11.9 Å². The van der Waals surface area contributed by atoms with Gasteiger partial charge in [-0.25, -0.2) is 0 Å².